The second-order valence-electron chi connectivity index (χ2n) is 7.68. The van der Waals surface area contributed by atoms with Gasteiger partial charge in [-0.25, -0.2) is 14.4 Å². The normalized spacial score (nSPS) is 14.0. The van der Waals surface area contributed by atoms with E-state index in [-0.39, 0.29) is 12.5 Å². The van der Waals surface area contributed by atoms with Gasteiger partial charge in [-0.2, -0.15) is 0 Å². The van der Waals surface area contributed by atoms with Crippen LogP contribution in [-0.4, -0.2) is 90.2 Å². The van der Waals surface area contributed by atoms with Crippen LogP contribution in [0, 0.1) is 6.92 Å². The Morgan fingerprint density at radius 2 is 1.62 bits per heavy atom. The lowest BCUT2D eigenvalue weighted by molar-refractivity contribution is -0.159. The minimum absolute atomic E-state index is 0.104. The first-order chi connectivity index (χ1) is 16.1. The maximum absolute atomic E-state index is 12.6. The van der Waals surface area contributed by atoms with E-state index < -0.39 is 17.9 Å². The molecular formula is C23H29N3O7S. The van der Waals surface area contributed by atoms with Crippen molar-refractivity contribution in [2.45, 2.75) is 13.8 Å². The fourth-order valence-corrected chi connectivity index (χ4v) is 4.15. The average molecular weight is 492 g/mol. The van der Waals surface area contributed by atoms with Gasteiger partial charge in [-0.15, -0.1) is 11.3 Å². The van der Waals surface area contributed by atoms with Gasteiger partial charge in [0.15, 0.2) is 0 Å². The summed E-state index contributed by atoms with van der Waals surface area (Å²) in [5.41, 5.74) is 3.31. The highest BCUT2D eigenvalue weighted by atomic mass is 32.1. The molecule has 34 heavy (non-hydrogen) atoms. The predicted molar refractivity (Wildman–Crippen MR) is 128 cm³/mol. The van der Waals surface area contributed by atoms with Gasteiger partial charge < -0.3 is 25.2 Å². The number of piperazine rings is 1. The zero-order chi connectivity index (χ0) is 25.3. The Morgan fingerprint density at radius 3 is 2.15 bits per heavy atom. The summed E-state index contributed by atoms with van der Waals surface area (Å²) in [6.45, 7) is 8.07. The van der Waals surface area contributed by atoms with E-state index in [4.69, 9.17) is 24.5 Å². The number of thiophene rings is 1. The Balaban J connectivity index is 0.000000604. The van der Waals surface area contributed by atoms with E-state index in [1.807, 2.05) is 36.6 Å². The zero-order valence-electron chi connectivity index (χ0n) is 19.4. The van der Waals surface area contributed by atoms with Crippen molar-refractivity contribution < 1.29 is 34.1 Å². The van der Waals surface area contributed by atoms with Gasteiger partial charge in [-0.05, 0) is 26.5 Å². The van der Waals surface area contributed by atoms with Crippen LogP contribution in [-0.2, 0) is 19.1 Å². The van der Waals surface area contributed by atoms with Crippen LogP contribution < -0.4 is 5.32 Å². The van der Waals surface area contributed by atoms with Crippen molar-refractivity contribution in [2.24, 2.45) is 0 Å². The van der Waals surface area contributed by atoms with Gasteiger partial charge in [-0.1, -0.05) is 29.8 Å². The molecule has 1 aromatic heterocycles. The van der Waals surface area contributed by atoms with Crippen LogP contribution in [0.2, 0.25) is 0 Å². The molecule has 2 heterocycles. The van der Waals surface area contributed by atoms with E-state index in [1.54, 1.807) is 6.92 Å². The molecule has 0 saturated carbocycles. The van der Waals surface area contributed by atoms with E-state index in [0.29, 0.717) is 17.1 Å². The first-order valence-electron chi connectivity index (χ1n) is 10.6. The van der Waals surface area contributed by atoms with Crippen molar-refractivity contribution >= 4 is 40.2 Å². The number of aliphatic carboxylic acids is 2. The molecule has 2 aromatic rings. The van der Waals surface area contributed by atoms with Crippen molar-refractivity contribution in [1.29, 1.82) is 0 Å². The second-order valence-corrected chi connectivity index (χ2v) is 8.56. The summed E-state index contributed by atoms with van der Waals surface area (Å²) in [4.78, 5) is 47.8. The van der Waals surface area contributed by atoms with Crippen LogP contribution in [0.3, 0.4) is 0 Å². The molecule has 0 spiro atoms. The largest absolute Gasteiger partial charge is 0.473 e. The maximum atomic E-state index is 12.6. The van der Waals surface area contributed by atoms with Crippen LogP contribution in [0.15, 0.2) is 29.6 Å². The lowest BCUT2D eigenvalue weighted by Crippen LogP contribution is -2.47. The molecule has 1 fully saturated rings. The molecule has 1 saturated heterocycles. The fourth-order valence-electron chi connectivity index (χ4n) is 3.18. The number of nitrogens with zero attached hydrogens (tertiary/aromatic N) is 2. The molecule has 1 amide bonds. The molecule has 1 aliphatic rings. The summed E-state index contributed by atoms with van der Waals surface area (Å²) >= 11 is 1.36. The number of carbonyl (C=O) groups is 4. The van der Waals surface area contributed by atoms with E-state index in [0.717, 1.165) is 42.9 Å². The van der Waals surface area contributed by atoms with Gasteiger partial charge >= 0.3 is 17.9 Å². The predicted octanol–water partition coefficient (Wildman–Crippen LogP) is 2.24. The molecule has 184 valence electrons. The number of benzene rings is 1. The number of carboxylic acid groups (broad SMARTS) is 2. The van der Waals surface area contributed by atoms with E-state index in [9.17, 15) is 9.59 Å². The highest BCUT2D eigenvalue weighted by molar-refractivity contribution is 7.15. The molecule has 11 heteroatoms. The number of carbonyl (C=O) groups excluding carboxylic acids is 2. The number of hydrogen-bond donors (Lipinski definition) is 3. The number of hydrogen-bond acceptors (Lipinski definition) is 8. The third-order valence-corrected chi connectivity index (χ3v) is 5.93. The zero-order valence-corrected chi connectivity index (χ0v) is 20.2. The lowest BCUT2D eigenvalue weighted by atomic mass is 10.0. The van der Waals surface area contributed by atoms with Crippen molar-refractivity contribution in [1.82, 2.24) is 9.80 Å². The molecule has 0 unspecified atom stereocenters. The van der Waals surface area contributed by atoms with Gasteiger partial charge in [0, 0.05) is 37.1 Å². The third-order valence-electron chi connectivity index (χ3n) is 5.03. The minimum Gasteiger partial charge on any atom is -0.473 e. The number of likely N-dealkylation sites (N-methyl/N-ethyl adjacent to an activating group) is 1. The number of rotatable bonds is 6. The third kappa shape index (κ3) is 7.94. The van der Waals surface area contributed by atoms with Gasteiger partial charge in [0.1, 0.15) is 10.6 Å². The first-order valence-corrected chi connectivity index (χ1v) is 11.5. The topological polar surface area (TPSA) is 136 Å². The van der Waals surface area contributed by atoms with Gasteiger partial charge in [0.05, 0.1) is 13.2 Å². The second kappa shape index (κ2) is 12.8. The minimum atomic E-state index is -1.82. The number of carboxylic acids is 2. The summed E-state index contributed by atoms with van der Waals surface area (Å²) in [5, 5.41) is 20.2. The van der Waals surface area contributed by atoms with Crippen LogP contribution >= 0.6 is 11.3 Å². The molecule has 10 nitrogen and oxygen atoms in total. The van der Waals surface area contributed by atoms with Crippen molar-refractivity contribution in [3.8, 4) is 11.1 Å². The Morgan fingerprint density at radius 1 is 1.03 bits per heavy atom. The summed E-state index contributed by atoms with van der Waals surface area (Å²) < 4.78 is 5.26. The van der Waals surface area contributed by atoms with Crippen LogP contribution in [0.5, 0.6) is 0 Å². The van der Waals surface area contributed by atoms with Crippen LogP contribution in [0.1, 0.15) is 22.8 Å². The van der Waals surface area contributed by atoms with Crippen LogP contribution in [0.4, 0.5) is 5.00 Å². The number of anilines is 1. The smallest absolute Gasteiger partial charge is 0.414 e. The molecule has 3 N–H and O–H groups in total. The monoisotopic (exact) mass is 491 g/mol. The molecule has 0 aliphatic carbocycles. The van der Waals surface area contributed by atoms with E-state index >= 15 is 0 Å². The molecule has 1 aliphatic heterocycles. The molecule has 1 aromatic carbocycles. The Bertz CT molecular complexity index is 1000. The van der Waals surface area contributed by atoms with E-state index in [2.05, 4.69) is 22.2 Å². The van der Waals surface area contributed by atoms with Gasteiger partial charge in [-0.3, -0.25) is 9.69 Å². The summed E-state index contributed by atoms with van der Waals surface area (Å²) in [6, 6.07) is 7.98. The average Bonchev–Trinajstić information content (AvgIpc) is 3.19. The molecular weight excluding hydrogens is 462 g/mol. The maximum Gasteiger partial charge on any atom is 0.414 e. The number of nitrogens with one attached hydrogen (secondary N) is 1. The quantitative estimate of drug-likeness (QED) is 0.410. The summed E-state index contributed by atoms with van der Waals surface area (Å²) in [6.07, 6.45) is 0. The summed E-state index contributed by atoms with van der Waals surface area (Å²) in [7, 11) is 2.08. The fraction of sp³-hybridized carbons (Fsp3) is 0.391. The Hall–Kier alpha value is -3.28. The Labute approximate surface area is 201 Å². The molecule has 0 atom stereocenters. The first kappa shape index (κ1) is 27.0. The standard InChI is InChI=1S/C21H27N3O3S.C2H2O4/c1-4-27-21(26)19-17(16-7-5-15(2)6-8-16)14-28-20(19)22-18(25)13-24-11-9-23(3)10-12-24;3-1(4)2(5)6/h5-8,14H,4,9-13H2,1-3H3,(H,22,25);(H,3,4)(H,5,6). The van der Waals surface area contributed by atoms with Gasteiger partial charge in [0.2, 0.25) is 5.91 Å². The van der Waals surface area contributed by atoms with Crippen LogP contribution in [0.25, 0.3) is 11.1 Å². The molecule has 3 rings (SSSR count). The molecule has 0 radical (unpaired) electrons. The van der Waals surface area contributed by atoms with Crippen molar-refractivity contribution in [2.75, 3.05) is 51.7 Å². The van der Waals surface area contributed by atoms with Gasteiger partial charge in [0.25, 0.3) is 0 Å². The highest BCUT2D eigenvalue weighted by Gasteiger charge is 2.24. The lowest BCUT2D eigenvalue weighted by Gasteiger charge is -2.31. The molecule has 0 bridgehead atoms. The SMILES string of the molecule is CCOC(=O)c1c(-c2ccc(C)cc2)csc1NC(=O)CN1CCN(C)CC1.O=C(O)C(=O)O. The number of aryl methyl sites for hydroxylation is 1. The summed E-state index contributed by atoms with van der Waals surface area (Å²) in [5.74, 6) is -4.16. The number of ether oxygens (including phenoxy) is 1. The van der Waals surface area contributed by atoms with E-state index in [1.165, 1.54) is 11.3 Å². The Kier molecular flexibility index (Phi) is 10.2. The number of amides is 1. The highest BCUT2D eigenvalue weighted by Crippen LogP contribution is 2.36. The number of esters is 1. The van der Waals surface area contributed by atoms with Crippen molar-refractivity contribution in [3.63, 3.8) is 0 Å². The van der Waals surface area contributed by atoms with Crippen molar-refractivity contribution in [3.05, 3.63) is 40.8 Å².